The minimum Gasteiger partial charge on any atom is -0.367 e. The molecule has 3 heterocycles. The molecule has 9 heteroatoms. The lowest BCUT2D eigenvalue weighted by atomic mass is 9.92. The van der Waals surface area contributed by atoms with Gasteiger partial charge in [-0.15, -0.1) is 11.3 Å². The fraction of sp³-hybridized carbons (Fsp3) is 0.500. The largest absolute Gasteiger partial charge is 0.367 e. The quantitative estimate of drug-likeness (QED) is 0.141. The van der Waals surface area contributed by atoms with Gasteiger partial charge in [-0.2, -0.15) is 4.39 Å². The van der Waals surface area contributed by atoms with Crippen molar-refractivity contribution < 1.29 is 18.4 Å². The number of benzene rings is 3. The molecule has 2 N–H and O–H groups in total. The Hall–Kier alpha value is -4.24. The van der Waals surface area contributed by atoms with E-state index in [-0.39, 0.29) is 22.8 Å². The van der Waals surface area contributed by atoms with Crippen molar-refractivity contribution in [2.75, 3.05) is 33.5 Å². The molecule has 304 valence electrons. The van der Waals surface area contributed by atoms with Crippen LogP contribution in [0.2, 0.25) is 0 Å². The van der Waals surface area contributed by atoms with Crippen molar-refractivity contribution in [3.63, 3.8) is 0 Å². The number of nitrogens with one attached hydrogen (secondary N) is 2. The number of fused-ring (bicyclic) bond motifs is 2. The third-order valence-corrected chi connectivity index (χ3v) is 13.8. The van der Waals surface area contributed by atoms with E-state index in [9.17, 15) is 18.4 Å². The molecule has 1 atom stereocenters. The second-order valence-corrected chi connectivity index (χ2v) is 18.2. The molecular formula is C48H60F2N4O2S. The number of carbonyl (C=O) groups is 2. The highest BCUT2D eigenvalue weighted by Gasteiger charge is 2.27. The molecule has 7 rings (SSSR count). The first-order chi connectivity index (χ1) is 27.5. The van der Waals surface area contributed by atoms with E-state index in [0.717, 1.165) is 115 Å². The summed E-state index contributed by atoms with van der Waals surface area (Å²) in [6.07, 6.45) is 13.8. The highest BCUT2D eigenvalue weighted by Crippen LogP contribution is 2.40. The molecule has 2 aliphatic heterocycles. The second-order valence-electron chi connectivity index (χ2n) is 17.1. The van der Waals surface area contributed by atoms with Gasteiger partial charge in [-0.05, 0) is 166 Å². The summed E-state index contributed by atoms with van der Waals surface area (Å²) in [6.45, 7) is 11.6. The Morgan fingerprint density at radius 1 is 0.702 bits per heavy atom. The molecule has 0 bridgehead atoms. The van der Waals surface area contributed by atoms with E-state index in [0.29, 0.717) is 31.2 Å². The Morgan fingerprint density at radius 2 is 1.35 bits per heavy atom. The summed E-state index contributed by atoms with van der Waals surface area (Å²) in [7, 11) is 0. The van der Waals surface area contributed by atoms with Crippen LogP contribution >= 0.6 is 11.3 Å². The van der Waals surface area contributed by atoms with Gasteiger partial charge >= 0.3 is 0 Å². The fourth-order valence-electron chi connectivity index (χ4n) is 9.73. The van der Waals surface area contributed by atoms with E-state index in [2.05, 4.69) is 60.3 Å². The Morgan fingerprint density at radius 3 is 2.02 bits per heavy atom. The van der Waals surface area contributed by atoms with Crippen molar-refractivity contribution in [3.8, 4) is 0 Å². The monoisotopic (exact) mass is 794 g/mol. The number of carbonyl (C=O) groups excluding carboxylic acids is 2. The molecule has 1 saturated carbocycles. The van der Waals surface area contributed by atoms with Crippen LogP contribution in [0.25, 0.3) is 0 Å². The lowest BCUT2D eigenvalue weighted by Crippen LogP contribution is -2.28. The first kappa shape index (κ1) is 40.9. The van der Waals surface area contributed by atoms with E-state index in [1.807, 2.05) is 18.2 Å². The molecule has 6 nitrogen and oxygen atoms in total. The third kappa shape index (κ3) is 10.1. The molecule has 0 radical (unpaired) electrons. The van der Waals surface area contributed by atoms with Crippen LogP contribution in [0.15, 0.2) is 48.5 Å². The zero-order valence-electron chi connectivity index (χ0n) is 34.4. The Balaban J connectivity index is 1.01. The molecule has 3 aliphatic rings. The van der Waals surface area contributed by atoms with Crippen molar-refractivity contribution in [2.24, 2.45) is 11.8 Å². The Bertz CT molecular complexity index is 2050. The van der Waals surface area contributed by atoms with Crippen LogP contribution in [0.5, 0.6) is 0 Å². The van der Waals surface area contributed by atoms with Gasteiger partial charge in [0.05, 0.1) is 6.54 Å². The summed E-state index contributed by atoms with van der Waals surface area (Å²) in [5.74, 6) is 0.964. The van der Waals surface area contributed by atoms with E-state index < -0.39 is 0 Å². The normalized spacial score (nSPS) is 17.2. The summed E-state index contributed by atoms with van der Waals surface area (Å²) >= 11 is 1.20. The van der Waals surface area contributed by atoms with E-state index in [1.54, 1.807) is 6.07 Å². The summed E-state index contributed by atoms with van der Waals surface area (Å²) in [5, 5.41) is 6.43. The molecule has 1 fully saturated rings. The Labute approximate surface area is 342 Å². The number of rotatable bonds is 13. The number of nitrogens with zero attached hydrogens (tertiary/aromatic N) is 2. The number of halogens is 2. The number of anilines is 4. The van der Waals surface area contributed by atoms with Crippen LogP contribution in [-0.4, -0.2) is 24.9 Å². The maximum absolute atomic E-state index is 14.2. The molecule has 2 amide bonds. The van der Waals surface area contributed by atoms with Gasteiger partial charge in [-0.1, -0.05) is 37.8 Å². The van der Waals surface area contributed by atoms with E-state index in [4.69, 9.17) is 0 Å². The van der Waals surface area contributed by atoms with Gasteiger partial charge in [-0.25, -0.2) is 4.39 Å². The van der Waals surface area contributed by atoms with Gasteiger partial charge in [0.15, 0.2) is 5.13 Å². The summed E-state index contributed by atoms with van der Waals surface area (Å²) in [5.41, 5.74) is 12.3. The van der Waals surface area contributed by atoms with Gasteiger partial charge in [0, 0.05) is 60.1 Å². The average Bonchev–Trinajstić information content (AvgIpc) is 3.78. The second kappa shape index (κ2) is 18.6. The first-order valence-corrected chi connectivity index (χ1v) is 22.2. The maximum Gasteiger partial charge on any atom is 0.224 e. The molecular weight excluding hydrogens is 735 g/mol. The predicted molar refractivity (Wildman–Crippen MR) is 232 cm³/mol. The summed E-state index contributed by atoms with van der Waals surface area (Å²) in [6, 6.07) is 14.7. The van der Waals surface area contributed by atoms with Crippen LogP contribution in [0.1, 0.15) is 121 Å². The SMILES string of the molecule is Cc1cc2c(c(C)c1NC(=O)CCCC1CCc3c(cc(C)c(NC(=O)CCC4CCCC4)c3C)N(Cc3ccc(F)s3)C1)CCCCN2Cc1ccc(F)cc1. The average molecular weight is 795 g/mol. The zero-order chi connectivity index (χ0) is 40.1. The molecule has 0 spiro atoms. The van der Waals surface area contributed by atoms with Gasteiger partial charge in [0.2, 0.25) is 11.8 Å². The van der Waals surface area contributed by atoms with Crippen LogP contribution in [0, 0.1) is 50.5 Å². The highest BCUT2D eigenvalue weighted by molar-refractivity contribution is 7.10. The van der Waals surface area contributed by atoms with Gasteiger partial charge < -0.3 is 20.4 Å². The van der Waals surface area contributed by atoms with Crippen LogP contribution in [-0.2, 0) is 35.5 Å². The van der Waals surface area contributed by atoms with Crippen molar-refractivity contribution in [1.82, 2.24) is 0 Å². The Kier molecular flexibility index (Phi) is 13.3. The zero-order valence-corrected chi connectivity index (χ0v) is 35.2. The number of thiophene rings is 1. The minimum atomic E-state index is -0.220. The number of hydrogen-bond donors (Lipinski definition) is 2. The summed E-state index contributed by atoms with van der Waals surface area (Å²) < 4.78 is 27.8. The summed E-state index contributed by atoms with van der Waals surface area (Å²) in [4.78, 5) is 32.5. The van der Waals surface area contributed by atoms with E-state index >= 15 is 0 Å². The third-order valence-electron chi connectivity index (χ3n) is 12.9. The molecule has 1 aromatic heterocycles. The first-order valence-electron chi connectivity index (χ1n) is 21.4. The molecule has 4 aromatic rings. The topological polar surface area (TPSA) is 64.7 Å². The van der Waals surface area contributed by atoms with Gasteiger partial charge in [0.25, 0.3) is 0 Å². The predicted octanol–water partition coefficient (Wildman–Crippen LogP) is 11.9. The smallest absolute Gasteiger partial charge is 0.224 e. The maximum atomic E-state index is 14.2. The number of amides is 2. The van der Waals surface area contributed by atoms with Gasteiger partial charge in [-0.3, -0.25) is 9.59 Å². The van der Waals surface area contributed by atoms with Gasteiger partial charge in [0.1, 0.15) is 5.82 Å². The van der Waals surface area contributed by atoms with Crippen LogP contribution in [0.4, 0.5) is 31.5 Å². The van der Waals surface area contributed by atoms with Crippen LogP contribution < -0.4 is 20.4 Å². The molecule has 57 heavy (non-hydrogen) atoms. The molecule has 0 saturated heterocycles. The number of hydrogen-bond acceptors (Lipinski definition) is 5. The van der Waals surface area contributed by atoms with Crippen molar-refractivity contribution in [2.45, 2.75) is 131 Å². The van der Waals surface area contributed by atoms with Crippen molar-refractivity contribution in [1.29, 1.82) is 0 Å². The van der Waals surface area contributed by atoms with Crippen molar-refractivity contribution >= 4 is 45.9 Å². The van der Waals surface area contributed by atoms with Crippen molar-refractivity contribution in [3.05, 3.63) is 103 Å². The molecule has 3 aromatic carbocycles. The molecule has 1 unspecified atom stereocenters. The highest BCUT2D eigenvalue weighted by atomic mass is 32.1. The minimum absolute atomic E-state index is 0.0422. The lowest BCUT2D eigenvalue weighted by Gasteiger charge is -2.29. The lowest BCUT2D eigenvalue weighted by molar-refractivity contribution is -0.117. The van der Waals surface area contributed by atoms with E-state index in [1.165, 1.54) is 71.7 Å². The molecule has 1 aliphatic carbocycles. The number of aryl methyl sites for hydroxylation is 2. The fourth-order valence-corrected chi connectivity index (χ4v) is 10.5. The van der Waals surface area contributed by atoms with Crippen LogP contribution in [0.3, 0.4) is 0 Å². The standard InChI is InChI=1S/C48H60F2N4O2S/c1-31-26-42-40(13-7-8-25-53(42)28-37-15-19-38(49)20-16-37)33(3)47(31)51-45(55)14-9-12-36-17-22-41-34(4)48(52-46(56)24-18-35-10-5-6-11-35)32(2)27-43(41)54(29-36)30-39-21-23-44(50)57-39/h15-16,19-21,23,26-27,35-36H,5-14,17-18,22,24-25,28-30H2,1-4H3,(H,51,55)(H,52,56).